The molecule has 0 spiro atoms. The number of aryl methyl sites for hydroxylation is 1. The molecule has 4 rings (SSSR count). The van der Waals surface area contributed by atoms with Crippen LogP contribution >= 0.6 is 0 Å². The third kappa shape index (κ3) is 5.82. The Hall–Kier alpha value is -1.94. The molecule has 1 amide bonds. The molecule has 0 aliphatic carbocycles. The van der Waals surface area contributed by atoms with Gasteiger partial charge < -0.3 is 19.7 Å². The Morgan fingerprint density at radius 3 is 2.53 bits per heavy atom. The molecule has 0 saturated carbocycles. The quantitative estimate of drug-likeness (QED) is 0.546. The van der Waals surface area contributed by atoms with Crippen molar-refractivity contribution in [2.75, 3.05) is 58.9 Å². The first-order chi connectivity index (χ1) is 16.4. The summed E-state index contributed by atoms with van der Waals surface area (Å²) in [5.41, 5.74) is 0.998. The van der Waals surface area contributed by atoms with Crippen molar-refractivity contribution in [3.8, 4) is 0 Å². The molecule has 3 heterocycles. The van der Waals surface area contributed by atoms with Gasteiger partial charge in [-0.1, -0.05) is 6.92 Å². The van der Waals surface area contributed by atoms with Crippen LogP contribution in [0.5, 0.6) is 0 Å². The van der Waals surface area contributed by atoms with Crippen molar-refractivity contribution in [1.29, 1.82) is 0 Å². The average Bonchev–Trinajstić information content (AvgIpc) is 3.23. The number of carbonyl (C=O) groups is 1. The zero-order valence-electron chi connectivity index (χ0n) is 20.6. The predicted octanol–water partition coefficient (Wildman–Crippen LogP) is 2.11. The van der Waals surface area contributed by atoms with Crippen LogP contribution in [0.1, 0.15) is 32.6 Å². The molecule has 0 radical (unpaired) electrons. The molecule has 2 aromatic rings. The lowest BCUT2D eigenvalue weighted by Crippen LogP contribution is -2.47. The molecule has 34 heavy (non-hydrogen) atoms. The molecular weight excluding hydrogens is 450 g/mol. The zero-order valence-corrected chi connectivity index (χ0v) is 21.4. The van der Waals surface area contributed by atoms with Gasteiger partial charge in [0.15, 0.2) is 0 Å². The summed E-state index contributed by atoms with van der Waals surface area (Å²) in [5, 5.41) is 3.96. The van der Waals surface area contributed by atoms with E-state index in [4.69, 9.17) is 0 Å². The largest absolute Gasteiger partial charge is 0.356 e. The maximum atomic E-state index is 13.3. The van der Waals surface area contributed by atoms with Crippen molar-refractivity contribution in [3.63, 3.8) is 0 Å². The maximum absolute atomic E-state index is 13.3. The van der Waals surface area contributed by atoms with Crippen LogP contribution in [-0.2, 0) is 21.9 Å². The summed E-state index contributed by atoms with van der Waals surface area (Å²) in [5.74, 6) is -0.312. The highest BCUT2D eigenvalue weighted by atomic mass is 32.2. The van der Waals surface area contributed by atoms with Gasteiger partial charge >= 0.3 is 0 Å². The van der Waals surface area contributed by atoms with Crippen LogP contribution in [-0.4, -0.2) is 91.9 Å². The molecule has 1 aromatic heterocycles. The van der Waals surface area contributed by atoms with E-state index in [9.17, 15) is 13.2 Å². The standard InChI is InChI=1S/C25H39N5O3S/c1-3-11-28-15-17-29(18-16-28)12-5-10-26-25(31)22-6-4-13-30(20-22)34(32,33)23-7-8-24-21(19-23)9-14-27(24)2/h7-9,14,19,22H,3-6,10-13,15-18,20H2,1-2H3,(H,26,31). The van der Waals surface area contributed by atoms with E-state index in [1.165, 1.54) is 17.3 Å². The fourth-order valence-electron chi connectivity index (χ4n) is 5.16. The minimum atomic E-state index is -3.63. The Labute approximate surface area is 203 Å². The number of benzene rings is 1. The summed E-state index contributed by atoms with van der Waals surface area (Å²) in [7, 11) is -1.68. The number of hydrogen-bond donors (Lipinski definition) is 1. The minimum Gasteiger partial charge on any atom is -0.356 e. The lowest BCUT2D eigenvalue weighted by atomic mass is 9.99. The first kappa shape index (κ1) is 25.2. The summed E-state index contributed by atoms with van der Waals surface area (Å²) in [6.07, 6.45) is 5.48. The number of nitrogens with zero attached hydrogens (tertiary/aromatic N) is 4. The molecule has 2 saturated heterocycles. The first-order valence-electron chi connectivity index (χ1n) is 12.7. The Morgan fingerprint density at radius 2 is 1.79 bits per heavy atom. The van der Waals surface area contributed by atoms with E-state index in [2.05, 4.69) is 22.0 Å². The van der Waals surface area contributed by atoms with Gasteiger partial charge in [-0.25, -0.2) is 8.42 Å². The normalized spacial score (nSPS) is 21.2. The van der Waals surface area contributed by atoms with Crippen LogP contribution < -0.4 is 5.32 Å². The Morgan fingerprint density at radius 1 is 1.06 bits per heavy atom. The highest BCUT2D eigenvalue weighted by molar-refractivity contribution is 7.89. The number of fused-ring (bicyclic) bond motifs is 1. The number of aromatic nitrogens is 1. The molecule has 0 bridgehead atoms. The predicted molar refractivity (Wildman–Crippen MR) is 135 cm³/mol. The van der Waals surface area contributed by atoms with E-state index >= 15 is 0 Å². The van der Waals surface area contributed by atoms with Crippen molar-refractivity contribution >= 4 is 26.8 Å². The Balaban J connectivity index is 1.25. The molecule has 2 aliphatic rings. The minimum absolute atomic E-state index is 0.0221. The average molecular weight is 490 g/mol. The summed E-state index contributed by atoms with van der Waals surface area (Å²) < 4.78 is 30.0. The van der Waals surface area contributed by atoms with Crippen molar-refractivity contribution in [3.05, 3.63) is 30.5 Å². The second-order valence-electron chi connectivity index (χ2n) is 9.68. The maximum Gasteiger partial charge on any atom is 0.243 e. The SMILES string of the molecule is CCCN1CCN(CCCNC(=O)C2CCCN(S(=O)(=O)c3ccc4c(ccn4C)c3)C2)CC1. The number of piperazine rings is 1. The molecule has 2 fully saturated rings. The summed E-state index contributed by atoms with van der Waals surface area (Å²) in [6.45, 7) is 10.2. The number of nitrogens with one attached hydrogen (secondary N) is 1. The fraction of sp³-hybridized carbons (Fsp3) is 0.640. The van der Waals surface area contributed by atoms with E-state index in [0.29, 0.717) is 24.4 Å². The monoisotopic (exact) mass is 489 g/mol. The van der Waals surface area contributed by atoms with Crippen LogP contribution in [0.25, 0.3) is 10.9 Å². The number of sulfonamides is 1. The molecule has 1 N–H and O–H groups in total. The van der Waals surface area contributed by atoms with E-state index in [1.54, 1.807) is 12.1 Å². The number of rotatable bonds is 9. The smallest absolute Gasteiger partial charge is 0.243 e. The van der Waals surface area contributed by atoms with Gasteiger partial charge in [0, 0.05) is 70.0 Å². The molecule has 2 aliphatic heterocycles. The number of carbonyl (C=O) groups excluding carboxylic acids is 1. The number of amides is 1. The summed E-state index contributed by atoms with van der Waals surface area (Å²) in [4.78, 5) is 18.1. The van der Waals surface area contributed by atoms with E-state index in [0.717, 1.165) is 56.5 Å². The second-order valence-corrected chi connectivity index (χ2v) is 11.6. The summed E-state index contributed by atoms with van der Waals surface area (Å²) >= 11 is 0. The molecule has 8 nitrogen and oxygen atoms in total. The van der Waals surface area contributed by atoms with Gasteiger partial charge in [0.2, 0.25) is 15.9 Å². The van der Waals surface area contributed by atoms with Gasteiger partial charge in [-0.05, 0) is 63.0 Å². The van der Waals surface area contributed by atoms with Gasteiger partial charge in [-0.2, -0.15) is 4.31 Å². The molecule has 1 atom stereocenters. The van der Waals surface area contributed by atoms with Crippen LogP contribution in [0.2, 0.25) is 0 Å². The van der Waals surface area contributed by atoms with E-state index in [-0.39, 0.29) is 18.4 Å². The van der Waals surface area contributed by atoms with Crippen molar-refractivity contribution in [2.24, 2.45) is 13.0 Å². The molecular formula is C25H39N5O3S. The van der Waals surface area contributed by atoms with E-state index < -0.39 is 10.0 Å². The Bertz CT molecular complexity index is 1080. The fourth-order valence-corrected chi connectivity index (χ4v) is 6.71. The molecule has 1 unspecified atom stereocenters. The number of hydrogen-bond acceptors (Lipinski definition) is 5. The van der Waals surface area contributed by atoms with Crippen LogP contribution in [0.3, 0.4) is 0 Å². The van der Waals surface area contributed by atoms with Crippen LogP contribution in [0.4, 0.5) is 0 Å². The van der Waals surface area contributed by atoms with Crippen molar-refractivity contribution in [1.82, 2.24) is 24.0 Å². The topological polar surface area (TPSA) is 77.9 Å². The van der Waals surface area contributed by atoms with Gasteiger partial charge in [0.05, 0.1) is 10.8 Å². The van der Waals surface area contributed by atoms with Crippen molar-refractivity contribution < 1.29 is 13.2 Å². The highest BCUT2D eigenvalue weighted by Gasteiger charge is 2.33. The molecule has 9 heteroatoms. The number of piperidine rings is 1. The third-order valence-electron chi connectivity index (χ3n) is 7.20. The van der Waals surface area contributed by atoms with Gasteiger partial charge in [-0.3, -0.25) is 4.79 Å². The summed E-state index contributed by atoms with van der Waals surface area (Å²) in [6, 6.07) is 7.17. The first-order valence-corrected chi connectivity index (χ1v) is 14.1. The van der Waals surface area contributed by atoms with Crippen LogP contribution in [0, 0.1) is 5.92 Å². The third-order valence-corrected chi connectivity index (χ3v) is 9.07. The lowest BCUT2D eigenvalue weighted by Gasteiger charge is -2.34. The van der Waals surface area contributed by atoms with Gasteiger partial charge in [0.1, 0.15) is 0 Å². The zero-order chi connectivity index (χ0) is 24.1. The van der Waals surface area contributed by atoms with Crippen LogP contribution in [0.15, 0.2) is 35.4 Å². The van der Waals surface area contributed by atoms with Crippen molar-refractivity contribution in [2.45, 2.75) is 37.5 Å². The lowest BCUT2D eigenvalue weighted by molar-refractivity contribution is -0.126. The van der Waals surface area contributed by atoms with Gasteiger partial charge in [-0.15, -0.1) is 0 Å². The Kier molecular flexibility index (Phi) is 8.29. The molecule has 188 valence electrons. The second kappa shape index (κ2) is 11.2. The molecule has 1 aromatic carbocycles. The highest BCUT2D eigenvalue weighted by Crippen LogP contribution is 2.26. The van der Waals surface area contributed by atoms with E-state index in [1.807, 2.05) is 29.9 Å². The van der Waals surface area contributed by atoms with Gasteiger partial charge in [0.25, 0.3) is 0 Å².